The monoisotopic (exact) mass is 378 g/mol. The van der Waals surface area contributed by atoms with Gasteiger partial charge in [-0.05, 0) is 30.3 Å². The van der Waals surface area contributed by atoms with E-state index in [2.05, 4.69) is 14.9 Å². The molecule has 0 atom stereocenters. The molecule has 28 heavy (non-hydrogen) atoms. The molecule has 1 aliphatic rings. The summed E-state index contributed by atoms with van der Waals surface area (Å²) >= 11 is 0. The number of aromatic nitrogens is 2. The zero-order chi connectivity index (χ0) is 19.5. The zero-order valence-corrected chi connectivity index (χ0v) is 16.0. The van der Waals surface area contributed by atoms with Gasteiger partial charge in [0.2, 0.25) is 11.8 Å². The lowest BCUT2D eigenvalue weighted by Gasteiger charge is -2.35. The van der Waals surface area contributed by atoms with E-state index in [1.165, 1.54) is 0 Å². The van der Waals surface area contributed by atoms with E-state index >= 15 is 0 Å². The summed E-state index contributed by atoms with van der Waals surface area (Å²) in [6.45, 7) is 4.79. The molecule has 0 radical (unpaired) electrons. The van der Waals surface area contributed by atoms with Gasteiger partial charge >= 0.3 is 0 Å². The summed E-state index contributed by atoms with van der Waals surface area (Å²) in [5.41, 5.74) is 1.89. The predicted molar refractivity (Wildman–Crippen MR) is 107 cm³/mol. The second kappa shape index (κ2) is 7.72. The number of methoxy groups -OCH3 is 1. The third-order valence-electron chi connectivity index (χ3n) is 4.91. The lowest BCUT2D eigenvalue weighted by molar-refractivity contribution is -0.129. The van der Waals surface area contributed by atoms with Crippen LogP contribution in [-0.2, 0) is 4.79 Å². The molecule has 2 aromatic heterocycles. The van der Waals surface area contributed by atoms with Gasteiger partial charge in [0.15, 0.2) is 0 Å². The summed E-state index contributed by atoms with van der Waals surface area (Å²) in [4.78, 5) is 24.2. The van der Waals surface area contributed by atoms with Gasteiger partial charge in [0.1, 0.15) is 11.5 Å². The highest BCUT2D eigenvalue weighted by molar-refractivity contribution is 5.85. The molecule has 1 fully saturated rings. The highest BCUT2D eigenvalue weighted by Gasteiger charge is 2.18. The molecule has 0 unspecified atom stereocenters. The molecule has 3 heterocycles. The molecule has 1 saturated heterocycles. The van der Waals surface area contributed by atoms with Crippen molar-refractivity contribution < 1.29 is 14.3 Å². The Kier molecular flexibility index (Phi) is 4.97. The van der Waals surface area contributed by atoms with E-state index in [0.717, 1.165) is 48.5 Å². The van der Waals surface area contributed by atoms with Crippen LogP contribution < -0.4 is 14.4 Å². The van der Waals surface area contributed by atoms with Crippen molar-refractivity contribution in [3.63, 3.8) is 0 Å². The lowest BCUT2D eigenvalue weighted by atomic mass is 10.2. The number of amides is 1. The van der Waals surface area contributed by atoms with Crippen LogP contribution >= 0.6 is 0 Å². The van der Waals surface area contributed by atoms with Gasteiger partial charge in [-0.2, -0.15) is 0 Å². The highest BCUT2D eigenvalue weighted by Crippen LogP contribution is 2.32. The fraction of sp³-hybridized carbons (Fsp3) is 0.286. The second-order valence-electron chi connectivity index (χ2n) is 6.64. The van der Waals surface area contributed by atoms with Gasteiger partial charge in [0, 0.05) is 57.3 Å². The van der Waals surface area contributed by atoms with Crippen molar-refractivity contribution in [1.29, 1.82) is 0 Å². The first-order chi connectivity index (χ1) is 13.6. The van der Waals surface area contributed by atoms with Crippen LogP contribution in [-0.4, -0.2) is 54.1 Å². The van der Waals surface area contributed by atoms with Crippen LogP contribution in [0.3, 0.4) is 0 Å². The van der Waals surface area contributed by atoms with Gasteiger partial charge in [-0.25, -0.2) is 4.98 Å². The Morgan fingerprint density at radius 1 is 1.07 bits per heavy atom. The predicted octanol–water partition coefficient (Wildman–Crippen LogP) is 3.10. The van der Waals surface area contributed by atoms with Crippen molar-refractivity contribution >= 4 is 22.5 Å². The largest absolute Gasteiger partial charge is 0.481 e. The molecule has 0 bridgehead atoms. The number of carbonyl (C=O) groups excluding carboxylic acids is 1. The maximum atomic E-state index is 11.5. The van der Waals surface area contributed by atoms with Crippen molar-refractivity contribution in [3.05, 3.63) is 48.8 Å². The standard InChI is InChI=1S/C21H22N4O3/c1-15(26)24-9-11-25(12-10-24)16-3-5-17(6-4-16)28-20-13-21(27-2)23-19-7-8-22-14-18(19)20/h3-8,13-14H,9-12H2,1-2H3. The first kappa shape index (κ1) is 18.0. The molecule has 0 N–H and O–H groups in total. The summed E-state index contributed by atoms with van der Waals surface area (Å²) in [6, 6.07) is 11.6. The Hall–Kier alpha value is -3.35. The molecule has 7 heteroatoms. The van der Waals surface area contributed by atoms with Crippen LogP contribution in [0.25, 0.3) is 10.9 Å². The quantitative estimate of drug-likeness (QED) is 0.695. The minimum absolute atomic E-state index is 0.137. The molecular weight excluding hydrogens is 356 g/mol. The SMILES string of the molecule is COc1cc(Oc2ccc(N3CCN(C(C)=O)CC3)cc2)c2cnccc2n1. The minimum Gasteiger partial charge on any atom is -0.481 e. The molecule has 0 aliphatic carbocycles. The van der Waals surface area contributed by atoms with Crippen molar-refractivity contribution in [2.24, 2.45) is 0 Å². The van der Waals surface area contributed by atoms with E-state index < -0.39 is 0 Å². The zero-order valence-electron chi connectivity index (χ0n) is 16.0. The Labute approximate surface area is 163 Å². The third-order valence-corrected chi connectivity index (χ3v) is 4.91. The highest BCUT2D eigenvalue weighted by atomic mass is 16.5. The van der Waals surface area contributed by atoms with Crippen LogP contribution in [0, 0.1) is 0 Å². The van der Waals surface area contributed by atoms with Crippen molar-refractivity contribution in [3.8, 4) is 17.4 Å². The summed E-state index contributed by atoms with van der Waals surface area (Å²) in [5, 5.41) is 0.827. The van der Waals surface area contributed by atoms with E-state index in [0.29, 0.717) is 11.6 Å². The molecule has 3 aromatic rings. The first-order valence-electron chi connectivity index (χ1n) is 9.21. The normalized spacial score (nSPS) is 14.2. The third kappa shape index (κ3) is 3.69. The topological polar surface area (TPSA) is 67.8 Å². The van der Waals surface area contributed by atoms with E-state index in [4.69, 9.17) is 9.47 Å². The van der Waals surface area contributed by atoms with E-state index in [1.807, 2.05) is 35.2 Å². The molecule has 1 amide bonds. The van der Waals surface area contributed by atoms with Crippen molar-refractivity contribution in [2.75, 3.05) is 38.2 Å². The second-order valence-corrected chi connectivity index (χ2v) is 6.64. The number of hydrogen-bond acceptors (Lipinski definition) is 6. The fourth-order valence-electron chi connectivity index (χ4n) is 3.34. The summed E-state index contributed by atoms with van der Waals surface area (Å²) < 4.78 is 11.4. The van der Waals surface area contributed by atoms with Crippen molar-refractivity contribution in [2.45, 2.75) is 6.92 Å². The fourth-order valence-corrected chi connectivity index (χ4v) is 3.34. The van der Waals surface area contributed by atoms with E-state index in [-0.39, 0.29) is 5.91 Å². The molecule has 4 rings (SSSR count). The molecule has 0 saturated carbocycles. The van der Waals surface area contributed by atoms with Crippen molar-refractivity contribution in [1.82, 2.24) is 14.9 Å². The summed E-state index contributed by atoms with van der Waals surface area (Å²) in [6.07, 6.45) is 3.43. The Bertz CT molecular complexity index is 983. The number of ether oxygens (including phenoxy) is 2. The van der Waals surface area contributed by atoms with Gasteiger partial charge in [0.05, 0.1) is 18.0 Å². The van der Waals surface area contributed by atoms with Gasteiger partial charge in [0.25, 0.3) is 0 Å². The maximum absolute atomic E-state index is 11.5. The molecular formula is C21H22N4O3. The number of carbonyl (C=O) groups is 1. The molecule has 144 valence electrons. The minimum atomic E-state index is 0.137. The number of benzene rings is 1. The van der Waals surface area contributed by atoms with Crippen LogP contribution in [0.4, 0.5) is 5.69 Å². The lowest BCUT2D eigenvalue weighted by Crippen LogP contribution is -2.48. The number of piperazine rings is 1. The Balaban J connectivity index is 1.51. The summed E-state index contributed by atoms with van der Waals surface area (Å²) in [5.74, 6) is 2.01. The van der Waals surface area contributed by atoms with Gasteiger partial charge in [-0.15, -0.1) is 0 Å². The average Bonchev–Trinajstić information content (AvgIpc) is 2.74. The molecule has 1 aromatic carbocycles. The smallest absolute Gasteiger partial charge is 0.219 e. The van der Waals surface area contributed by atoms with Gasteiger partial charge in [-0.1, -0.05) is 0 Å². The number of nitrogens with zero attached hydrogens (tertiary/aromatic N) is 4. The maximum Gasteiger partial charge on any atom is 0.219 e. The van der Waals surface area contributed by atoms with E-state index in [9.17, 15) is 4.79 Å². The van der Waals surface area contributed by atoms with E-state index in [1.54, 1.807) is 32.5 Å². The Morgan fingerprint density at radius 3 is 2.50 bits per heavy atom. The number of fused-ring (bicyclic) bond motifs is 1. The number of rotatable bonds is 4. The van der Waals surface area contributed by atoms with Gasteiger partial charge in [-0.3, -0.25) is 9.78 Å². The number of anilines is 1. The molecule has 0 spiro atoms. The van der Waals surface area contributed by atoms with Crippen LogP contribution in [0.5, 0.6) is 17.4 Å². The number of pyridine rings is 2. The summed E-state index contributed by atoms with van der Waals surface area (Å²) in [7, 11) is 1.58. The first-order valence-corrected chi connectivity index (χ1v) is 9.21. The van der Waals surface area contributed by atoms with Crippen LogP contribution in [0.1, 0.15) is 6.92 Å². The molecule has 7 nitrogen and oxygen atoms in total. The molecule has 1 aliphatic heterocycles. The number of hydrogen-bond donors (Lipinski definition) is 0. The van der Waals surface area contributed by atoms with Gasteiger partial charge < -0.3 is 19.3 Å². The van der Waals surface area contributed by atoms with Crippen LogP contribution in [0.2, 0.25) is 0 Å². The Morgan fingerprint density at radius 2 is 1.82 bits per heavy atom. The average molecular weight is 378 g/mol. The van der Waals surface area contributed by atoms with Crippen LogP contribution in [0.15, 0.2) is 48.8 Å².